The van der Waals surface area contributed by atoms with Gasteiger partial charge < -0.3 is 31.1 Å². The minimum absolute atomic E-state index is 0.0818. The minimum atomic E-state index is -0.898. The lowest BCUT2D eigenvalue weighted by Gasteiger charge is -2.25. The largest absolute Gasteiger partial charge is 0.394 e. The highest BCUT2D eigenvalue weighted by Gasteiger charge is 2.26. The fraction of sp³-hybridized carbons (Fsp3) is 0.643. The average Bonchev–Trinajstić information content (AvgIpc) is 3.26. The fourth-order valence-corrected chi connectivity index (χ4v) is 2.37. The van der Waals surface area contributed by atoms with Gasteiger partial charge in [0.15, 0.2) is 23.2 Å². The summed E-state index contributed by atoms with van der Waals surface area (Å²) in [6.45, 7) is 0.732. The van der Waals surface area contributed by atoms with Crippen molar-refractivity contribution >= 4 is 22.9 Å². The van der Waals surface area contributed by atoms with Crippen molar-refractivity contribution in [2.75, 3.05) is 24.3 Å². The highest BCUT2D eigenvalue weighted by molar-refractivity contribution is 5.84. The first-order chi connectivity index (χ1) is 11.5. The Labute approximate surface area is 138 Å². The molecule has 10 heteroatoms. The number of hydrogen-bond acceptors (Lipinski definition) is 9. The topological polar surface area (TPSA) is 152 Å². The Balaban J connectivity index is 1.94. The van der Waals surface area contributed by atoms with Crippen molar-refractivity contribution in [2.24, 2.45) is 0 Å². The summed E-state index contributed by atoms with van der Waals surface area (Å²) in [5, 5.41) is 31.8. The van der Waals surface area contributed by atoms with E-state index in [0.29, 0.717) is 23.0 Å². The van der Waals surface area contributed by atoms with Gasteiger partial charge in [-0.2, -0.15) is 9.97 Å². The predicted octanol–water partition coefficient (Wildman–Crippen LogP) is -0.768. The molecule has 2 aromatic heterocycles. The van der Waals surface area contributed by atoms with Crippen LogP contribution in [0.3, 0.4) is 0 Å². The zero-order chi connectivity index (χ0) is 17.3. The Morgan fingerprint density at radius 2 is 2.12 bits per heavy atom. The molecule has 6 N–H and O–H groups in total. The Hall–Kier alpha value is -2.01. The van der Waals surface area contributed by atoms with Gasteiger partial charge in [0.2, 0.25) is 5.95 Å². The van der Waals surface area contributed by atoms with E-state index in [1.165, 1.54) is 17.8 Å². The van der Waals surface area contributed by atoms with Crippen LogP contribution in [0.15, 0.2) is 6.33 Å². The third-order valence-electron chi connectivity index (χ3n) is 3.87. The van der Waals surface area contributed by atoms with Gasteiger partial charge in [-0.3, -0.25) is 4.57 Å². The van der Waals surface area contributed by atoms with E-state index in [4.69, 9.17) is 10.5 Å². The van der Waals surface area contributed by atoms with E-state index in [1.54, 1.807) is 0 Å². The Morgan fingerprint density at radius 3 is 2.71 bits per heavy atom. The highest BCUT2D eigenvalue weighted by Crippen LogP contribution is 2.29. The van der Waals surface area contributed by atoms with Crippen LogP contribution in [0.5, 0.6) is 0 Å². The number of nitrogens with two attached hydrogens (primary N) is 1. The SMILES string of the molecule is CC(O)[C@@H](CO)O[C@H](CO)n1cnc2c(NC3CC3)nc(N)nc21. The third-order valence-corrected chi connectivity index (χ3v) is 3.87. The molecule has 0 radical (unpaired) electrons. The van der Waals surface area contributed by atoms with E-state index in [0.717, 1.165) is 12.8 Å². The second-order valence-electron chi connectivity index (χ2n) is 5.91. The summed E-state index contributed by atoms with van der Waals surface area (Å²) in [5.74, 6) is 0.628. The van der Waals surface area contributed by atoms with Crippen LogP contribution in [0, 0.1) is 0 Å². The lowest BCUT2D eigenvalue weighted by Crippen LogP contribution is -2.34. The van der Waals surface area contributed by atoms with Gasteiger partial charge in [-0.25, -0.2) is 4.98 Å². The number of hydrogen-bond donors (Lipinski definition) is 5. The summed E-state index contributed by atoms with van der Waals surface area (Å²) in [5.41, 5.74) is 6.71. The van der Waals surface area contributed by atoms with E-state index in [2.05, 4.69) is 20.3 Å². The number of imidazole rings is 1. The monoisotopic (exact) mass is 338 g/mol. The van der Waals surface area contributed by atoms with Crippen molar-refractivity contribution < 1.29 is 20.1 Å². The highest BCUT2D eigenvalue weighted by atomic mass is 16.5. The van der Waals surface area contributed by atoms with Crippen molar-refractivity contribution in [2.45, 2.75) is 44.2 Å². The van der Waals surface area contributed by atoms with E-state index >= 15 is 0 Å². The van der Waals surface area contributed by atoms with Crippen LogP contribution >= 0.6 is 0 Å². The second kappa shape index (κ2) is 6.85. The van der Waals surface area contributed by atoms with Crippen LogP contribution < -0.4 is 11.1 Å². The first kappa shape index (κ1) is 16.8. The minimum Gasteiger partial charge on any atom is -0.394 e. The Morgan fingerprint density at radius 1 is 1.38 bits per heavy atom. The number of nitrogens with one attached hydrogen (secondary N) is 1. The summed E-state index contributed by atoms with van der Waals surface area (Å²) < 4.78 is 7.10. The summed E-state index contributed by atoms with van der Waals surface area (Å²) in [4.78, 5) is 12.7. The molecular weight excluding hydrogens is 316 g/mol. The van der Waals surface area contributed by atoms with E-state index in [9.17, 15) is 15.3 Å². The molecule has 1 aliphatic carbocycles. The molecule has 0 aliphatic heterocycles. The second-order valence-corrected chi connectivity index (χ2v) is 5.91. The number of nitrogen functional groups attached to an aromatic ring is 1. The van der Waals surface area contributed by atoms with Crippen molar-refractivity contribution in [3.8, 4) is 0 Å². The van der Waals surface area contributed by atoms with Gasteiger partial charge in [-0.05, 0) is 19.8 Å². The zero-order valence-electron chi connectivity index (χ0n) is 13.3. The van der Waals surface area contributed by atoms with E-state index in [-0.39, 0.29) is 19.2 Å². The molecule has 3 rings (SSSR count). The Kier molecular flexibility index (Phi) is 4.81. The van der Waals surface area contributed by atoms with E-state index < -0.39 is 18.4 Å². The first-order valence-electron chi connectivity index (χ1n) is 7.85. The molecule has 1 aliphatic rings. The predicted molar refractivity (Wildman–Crippen MR) is 86.1 cm³/mol. The molecule has 1 fully saturated rings. The van der Waals surface area contributed by atoms with Crippen LogP contribution in [0.25, 0.3) is 11.2 Å². The van der Waals surface area contributed by atoms with Crippen molar-refractivity contribution in [1.82, 2.24) is 19.5 Å². The molecule has 1 saturated carbocycles. The third kappa shape index (κ3) is 3.41. The summed E-state index contributed by atoms with van der Waals surface area (Å²) in [6, 6.07) is 0.367. The van der Waals surface area contributed by atoms with Crippen LogP contribution in [0.4, 0.5) is 11.8 Å². The maximum Gasteiger partial charge on any atom is 0.224 e. The zero-order valence-corrected chi connectivity index (χ0v) is 13.3. The number of fused-ring (bicyclic) bond motifs is 1. The van der Waals surface area contributed by atoms with Gasteiger partial charge in [0.05, 0.1) is 25.6 Å². The number of nitrogens with zero attached hydrogens (tertiary/aromatic N) is 4. The first-order valence-corrected chi connectivity index (χ1v) is 7.85. The molecule has 0 bridgehead atoms. The molecule has 10 nitrogen and oxygen atoms in total. The quantitative estimate of drug-likeness (QED) is 0.418. The van der Waals surface area contributed by atoms with Gasteiger partial charge in [-0.1, -0.05) is 0 Å². The summed E-state index contributed by atoms with van der Waals surface area (Å²) in [7, 11) is 0. The van der Waals surface area contributed by atoms with Crippen LogP contribution in [-0.4, -0.2) is 66.3 Å². The molecule has 0 aromatic carbocycles. The molecule has 0 amide bonds. The number of rotatable bonds is 8. The van der Waals surface area contributed by atoms with Crippen LogP contribution in [0.1, 0.15) is 26.0 Å². The molecule has 3 atom stereocenters. The standard InChI is InChI=1S/C14H22N6O4/c1-7(23)9(4-21)24-10(5-22)20-6-16-11-12(17-8-2-3-8)18-14(15)19-13(11)20/h6-10,21-23H,2-5H2,1H3,(H3,15,17,18,19)/t7?,9-,10-/m1/s1. The Bertz CT molecular complexity index is 702. The van der Waals surface area contributed by atoms with Gasteiger partial charge >= 0.3 is 0 Å². The molecule has 24 heavy (non-hydrogen) atoms. The molecule has 0 spiro atoms. The lowest BCUT2D eigenvalue weighted by atomic mass is 10.2. The van der Waals surface area contributed by atoms with Gasteiger partial charge in [0, 0.05) is 6.04 Å². The van der Waals surface area contributed by atoms with Crippen LogP contribution in [0.2, 0.25) is 0 Å². The normalized spacial score (nSPS) is 18.5. The van der Waals surface area contributed by atoms with Gasteiger partial charge in [0.1, 0.15) is 6.10 Å². The van der Waals surface area contributed by atoms with Crippen LogP contribution in [-0.2, 0) is 4.74 Å². The molecule has 2 aromatic rings. The van der Waals surface area contributed by atoms with Crippen molar-refractivity contribution in [3.05, 3.63) is 6.33 Å². The molecule has 2 heterocycles. The summed E-state index contributed by atoms with van der Waals surface area (Å²) in [6.07, 6.45) is 0.995. The smallest absolute Gasteiger partial charge is 0.224 e. The molecule has 0 saturated heterocycles. The average molecular weight is 338 g/mol. The van der Waals surface area contributed by atoms with E-state index in [1.807, 2.05) is 0 Å². The maximum absolute atomic E-state index is 9.65. The summed E-state index contributed by atoms with van der Waals surface area (Å²) >= 11 is 0. The molecule has 1 unspecified atom stereocenters. The fourth-order valence-electron chi connectivity index (χ4n) is 2.37. The van der Waals surface area contributed by atoms with Gasteiger partial charge in [-0.15, -0.1) is 0 Å². The number of aromatic nitrogens is 4. The lowest BCUT2D eigenvalue weighted by molar-refractivity contribution is -0.131. The molecule has 132 valence electrons. The number of ether oxygens (including phenoxy) is 1. The molecular formula is C14H22N6O4. The number of anilines is 2. The maximum atomic E-state index is 9.65. The van der Waals surface area contributed by atoms with Crippen molar-refractivity contribution in [1.29, 1.82) is 0 Å². The number of aliphatic hydroxyl groups excluding tert-OH is 3. The number of aliphatic hydroxyl groups is 3. The van der Waals surface area contributed by atoms with Crippen molar-refractivity contribution in [3.63, 3.8) is 0 Å². The van der Waals surface area contributed by atoms with Gasteiger partial charge in [0.25, 0.3) is 0 Å².